The van der Waals surface area contributed by atoms with E-state index in [4.69, 9.17) is 4.74 Å². The molecule has 6 heteroatoms. The van der Waals surface area contributed by atoms with Gasteiger partial charge < -0.3 is 20.3 Å². The Labute approximate surface area is 150 Å². The van der Waals surface area contributed by atoms with E-state index in [9.17, 15) is 4.79 Å². The standard InChI is InChI=1S/C19H30N4O2/c1-4-20-19(22-12-10-15(2)3)21-11-7-13-23-16-8-5-6-9-17(16)25-14-18(23)24/h5-6,8-9,15H,4,7,10-14H2,1-3H3,(H2,20,21,22). The molecule has 138 valence electrons. The average Bonchev–Trinajstić information content (AvgIpc) is 2.59. The van der Waals surface area contributed by atoms with Crippen LogP contribution >= 0.6 is 0 Å². The predicted molar refractivity (Wildman–Crippen MR) is 102 cm³/mol. The van der Waals surface area contributed by atoms with Gasteiger partial charge in [0.1, 0.15) is 5.75 Å². The van der Waals surface area contributed by atoms with Gasteiger partial charge in [0.15, 0.2) is 12.6 Å². The van der Waals surface area contributed by atoms with Gasteiger partial charge in [0, 0.05) is 26.2 Å². The number of nitrogens with one attached hydrogen (secondary N) is 2. The van der Waals surface area contributed by atoms with Gasteiger partial charge in [0.25, 0.3) is 5.91 Å². The predicted octanol–water partition coefficient (Wildman–Crippen LogP) is 2.40. The number of fused-ring (bicyclic) bond motifs is 1. The Bertz CT molecular complexity index is 587. The van der Waals surface area contributed by atoms with Crippen LogP contribution in [0.15, 0.2) is 29.3 Å². The topological polar surface area (TPSA) is 66.0 Å². The van der Waals surface area contributed by atoms with Crippen LogP contribution < -0.4 is 20.3 Å². The third kappa shape index (κ3) is 5.96. The summed E-state index contributed by atoms with van der Waals surface area (Å²) in [5, 5.41) is 6.61. The zero-order valence-corrected chi connectivity index (χ0v) is 15.5. The molecule has 1 aliphatic rings. The lowest BCUT2D eigenvalue weighted by Crippen LogP contribution is -2.40. The second-order valence-corrected chi connectivity index (χ2v) is 6.53. The number of ether oxygens (including phenoxy) is 1. The summed E-state index contributed by atoms with van der Waals surface area (Å²) in [5.74, 6) is 2.29. The molecule has 0 saturated carbocycles. The smallest absolute Gasteiger partial charge is 0.265 e. The number of benzene rings is 1. The summed E-state index contributed by atoms with van der Waals surface area (Å²) in [5.41, 5.74) is 0.852. The van der Waals surface area contributed by atoms with E-state index in [0.717, 1.165) is 43.3 Å². The number of aliphatic imine (C=N–C) groups is 1. The minimum absolute atomic E-state index is 0.00430. The average molecular weight is 346 g/mol. The molecular weight excluding hydrogens is 316 g/mol. The Morgan fingerprint density at radius 1 is 1.32 bits per heavy atom. The van der Waals surface area contributed by atoms with Crippen molar-refractivity contribution in [2.24, 2.45) is 10.9 Å². The summed E-state index contributed by atoms with van der Waals surface area (Å²) in [6, 6.07) is 7.67. The van der Waals surface area contributed by atoms with E-state index in [-0.39, 0.29) is 12.5 Å². The number of amides is 1. The number of nitrogens with zero attached hydrogens (tertiary/aromatic N) is 2. The minimum atomic E-state index is 0.00430. The van der Waals surface area contributed by atoms with Crippen molar-refractivity contribution >= 4 is 17.6 Å². The molecule has 0 aromatic heterocycles. The first-order chi connectivity index (χ1) is 12.1. The molecule has 0 spiro atoms. The highest BCUT2D eigenvalue weighted by Gasteiger charge is 2.24. The van der Waals surface area contributed by atoms with E-state index in [1.165, 1.54) is 0 Å². The minimum Gasteiger partial charge on any atom is -0.482 e. The van der Waals surface area contributed by atoms with Gasteiger partial charge in [0.05, 0.1) is 5.69 Å². The molecule has 1 aromatic rings. The molecule has 1 aliphatic heterocycles. The first-order valence-electron chi connectivity index (χ1n) is 9.16. The number of hydrogen-bond donors (Lipinski definition) is 2. The van der Waals surface area contributed by atoms with Crippen molar-refractivity contribution in [1.29, 1.82) is 0 Å². The molecule has 0 fully saturated rings. The maximum absolute atomic E-state index is 12.1. The van der Waals surface area contributed by atoms with E-state index in [1.54, 1.807) is 4.90 Å². The largest absolute Gasteiger partial charge is 0.482 e. The molecule has 0 radical (unpaired) electrons. The lowest BCUT2D eigenvalue weighted by Gasteiger charge is -2.29. The zero-order valence-electron chi connectivity index (χ0n) is 15.5. The van der Waals surface area contributed by atoms with Gasteiger partial charge in [-0.25, -0.2) is 0 Å². The van der Waals surface area contributed by atoms with Crippen molar-refractivity contribution in [3.8, 4) is 5.75 Å². The van der Waals surface area contributed by atoms with E-state index in [2.05, 4.69) is 36.4 Å². The maximum atomic E-state index is 12.1. The Balaban J connectivity index is 1.85. The molecule has 1 aromatic carbocycles. The van der Waals surface area contributed by atoms with E-state index in [1.807, 2.05) is 24.3 Å². The zero-order chi connectivity index (χ0) is 18.1. The highest BCUT2D eigenvalue weighted by Crippen LogP contribution is 2.31. The normalized spacial score (nSPS) is 14.3. The molecule has 1 heterocycles. The van der Waals surface area contributed by atoms with Crippen molar-refractivity contribution < 1.29 is 9.53 Å². The van der Waals surface area contributed by atoms with Gasteiger partial charge in [-0.1, -0.05) is 26.0 Å². The van der Waals surface area contributed by atoms with Crippen LogP contribution in [0.4, 0.5) is 5.69 Å². The molecule has 0 atom stereocenters. The molecule has 1 amide bonds. The third-order valence-corrected chi connectivity index (χ3v) is 3.98. The van der Waals surface area contributed by atoms with Crippen LogP contribution in [0.3, 0.4) is 0 Å². The van der Waals surface area contributed by atoms with Crippen molar-refractivity contribution in [3.63, 3.8) is 0 Å². The van der Waals surface area contributed by atoms with E-state index >= 15 is 0 Å². The number of para-hydroxylation sites is 2. The first kappa shape index (κ1) is 19.1. The van der Waals surface area contributed by atoms with Gasteiger partial charge in [-0.05, 0) is 37.8 Å². The number of hydrogen-bond acceptors (Lipinski definition) is 3. The lowest BCUT2D eigenvalue weighted by molar-refractivity contribution is -0.121. The molecule has 0 aliphatic carbocycles. The Morgan fingerprint density at radius 3 is 2.88 bits per heavy atom. The Kier molecular flexibility index (Phi) is 7.57. The number of rotatable bonds is 8. The molecular formula is C19H30N4O2. The number of carbonyl (C=O) groups excluding carboxylic acids is 1. The Morgan fingerprint density at radius 2 is 2.12 bits per heavy atom. The van der Waals surface area contributed by atoms with Gasteiger partial charge in [-0.15, -0.1) is 0 Å². The number of anilines is 1. The molecule has 2 rings (SSSR count). The lowest BCUT2D eigenvalue weighted by atomic mass is 10.1. The molecule has 25 heavy (non-hydrogen) atoms. The van der Waals surface area contributed by atoms with Crippen LogP contribution in [-0.2, 0) is 4.79 Å². The van der Waals surface area contributed by atoms with Crippen LogP contribution in [0, 0.1) is 5.92 Å². The molecule has 0 bridgehead atoms. The highest BCUT2D eigenvalue weighted by atomic mass is 16.5. The van der Waals surface area contributed by atoms with Crippen LogP contribution in [-0.4, -0.2) is 44.7 Å². The van der Waals surface area contributed by atoms with Gasteiger partial charge in [-0.2, -0.15) is 0 Å². The van der Waals surface area contributed by atoms with Crippen molar-refractivity contribution in [2.45, 2.75) is 33.6 Å². The van der Waals surface area contributed by atoms with Crippen molar-refractivity contribution in [3.05, 3.63) is 24.3 Å². The first-order valence-corrected chi connectivity index (χ1v) is 9.16. The summed E-state index contributed by atoms with van der Waals surface area (Å²) in [6.07, 6.45) is 1.92. The molecule has 2 N–H and O–H groups in total. The van der Waals surface area contributed by atoms with E-state index < -0.39 is 0 Å². The summed E-state index contributed by atoms with van der Waals surface area (Å²) in [7, 11) is 0. The van der Waals surface area contributed by atoms with Crippen molar-refractivity contribution in [2.75, 3.05) is 37.7 Å². The monoisotopic (exact) mass is 346 g/mol. The molecule has 0 saturated heterocycles. The summed E-state index contributed by atoms with van der Waals surface area (Å²) in [4.78, 5) is 18.5. The summed E-state index contributed by atoms with van der Waals surface area (Å²) < 4.78 is 5.47. The summed E-state index contributed by atoms with van der Waals surface area (Å²) in [6.45, 7) is 9.66. The fraction of sp³-hybridized carbons (Fsp3) is 0.579. The number of carbonyl (C=O) groups is 1. The van der Waals surface area contributed by atoms with Crippen LogP contribution in [0.5, 0.6) is 5.75 Å². The maximum Gasteiger partial charge on any atom is 0.265 e. The highest BCUT2D eigenvalue weighted by molar-refractivity contribution is 5.97. The molecule has 0 unspecified atom stereocenters. The second-order valence-electron chi connectivity index (χ2n) is 6.53. The van der Waals surface area contributed by atoms with Gasteiger partial charge >= 0.3 is 0 Å². The van der Waals surface area contributed by atoms with Crippen LogP contribution in [0.2, 0.25) is 0 Å². The van der Waals surface area contributed by atoms with Gasteiger partial charge in [0.2, 0.25) is 0 Å². The van der Waals surface area contributed by atoms with Gasteiger partial charge in [-0.3, -0.25) is 9.79 Å². The third-order valence-electron chi connectivity index (χ3n) is 3.98. The quantitative estimate of drug-likeness (QED) is 0.431. The number of guanidine groups is 1. The molecule has 6 nitrogen and oxygen atoms in total. The fourth-order valence-corrected chi connectivity index (χ4v) is 2.64. The fourth-order valence-electron chi connectivity index (χ4n) is 2.64. The SMILES string of the molecule is CCNC(=NCCCN1C(=O)COc2ccccc21)NCCC(C)C. The Hall–Kier alpha value is -2.24. The van der Waals surface area contributed by atoms with Crippen LogP contribution in [0.25, 0.3) is 0 Å². The van der Waals surface area contributed by atoms with Crippen molar-refractivity contribution in [1.82, 2.24) is 10.6 Å². The van der Waals surface area contributed by atoms with E-state index in [0.29, 0.717) is 19.0 Å². The second kappa shape index (κ2) is 9.91. The van der Waals surface area contributed by atoms with Crippen LogP contribution in [0.1, 0.15) is 33.6 Å². The summed E-state index contributed by atoms with van der Waals surface area (Å²) >= 11 is 0.